The number of nitrogens with one attached hydrogen (secondary N) is 1. The van der Waals surface area contributed by atoms with E-state index in [2.05, 4.69) is 10.2 Å². The lowest BCUT2D eigenvalue weighted by Crippen LogP contribution is -2.57. The van der Waals surface area contributed by atoms with Crippen LogP contribution >= 0.6 is 0 Å². The molecule has 0 saturated carbocycles. The summed E-state index contributed by atoms with van der Waals surface area (Å²) in [7, 11) is 1.97. The van der Waals surface area contributed by atoms with Crippen LogP contribution in [0.25, 0.3) is 0 Å². The van der Waals surface area contributed by atoms with Crippen molar-refractivity contribution in [1.82, 2.24) is 15.1 Å². The molecule has 0 bridgehead atoms. The number of likely N-dealkylation sites (N-methyl/N-ethyl adjacent to an activating group) is 1. The number of rotatable bonds is 4. The molecule has 1 aliphatic heterocycles. The van der Waals surface area contributed by atoms with Crippen LogP contribution in [0.5, 0.6) is 0 Å². The van der Waals surface area contributed by atoms with Gasteiger partial charge in [0.05, 0.1) is 6.42 Å². The second-order valence-electron chi connectivity index (χ2n) is 4.79. The van der Waals surface area contributed by atoms with Gasteiger partial charge in [-0.3, -0.25) is 4.79 Å². The summed E-state index contributed by atoms with van der Waals surface area (Å²) in [5.74, 6) is -2.03. The minimum absolute atomic E-state index is 0.207. The molecule has 0 aliphatic carbocycles. The molecule has 1 fully saturated rings. The third-order valence-corrected chi connectivity index (χ3v) is 3.25. The molecular formula is C11H20N4O4. The number of carboxylic acid groups (broad SMARTS) is 1. The highest BCUT2D eigenvalue weighted by Gasteiger charge is 2.28. The monoisotopic (exact) mass is 272 g/mol. The molecule has 19 heavy (non-hydrogen) atoms. The topological polar surface area (TPSA) is 116 Å². The number of aliphatic carboxylic acids is 1. The van der Waals surface area contributed by atoms with Crippen molar-refractivity contribution in [1.29, 1.82) is 0 Å². The standard InChI is InChI=1S/C11H20N4O4/c1-7-6-15(4-3-14(7)2)11(19)13-8(10(17)18)5-9(12)16/h7-8H,3-6H2,1-2H3,(H2,12,16)(H,13,19)(H,17,18). The van der Waals surface area contributed by atoms with Crippen LogP contribution in [0.2, 0.25) is 0 Å². The fourth-order valence-corrected chi connectivity index (χ4v) is 1.87. The summed E-state index contributed by atoms with van der Waals surface area (Å²) >= 11 is 0. The molecule has 1 saturated heterocycles. The molecule has 0 aromatic carbocycles. The highest BCUT2D eigenvalue weighted by atomic mass is 16.4. The SMILES string of the molecule is CC1CN(C(=O)NC(CC(N)=O)C(=O)O)CCN1C. The second kappa shape index (κ2) is 6.37. The van der Waals surface area contributed by atoms with E-state index >= 15 is 0 Å². The van der Waals surface area contributed by atoms with Crippen molar-refractivity contribution >= 4 is 17.9 Å². The molecule has 108 valence electrons. The van der Waals surface area contributed by atoms with Crippen molar-refractivity contribution in [3.05, 3.63) is 0 Å². The van der Waals surface area contributed by atoms with Gasteiger partial charge in [0, 0.05) is 25.7 Å². The van der Waals surface area contributed by atoms with E-state index in [9.17, 15) is 14.4 Å². The Morgan fingerprint density at radius 2 is 2.05 bits per heavy atom. The Kier molecular flexibility index (Phi) is 5.11. The maximum Gasteiger partial charge on any atom is 0.326 e. The average molecular weight is 272 g/mol. The van der Waals surface area contributed by atoms with Crippen LogP contribution in [0, 0.1) is 0 Å². The summed E-state index contributed by atoms with van der Waals surface area (Å²) in [6, 6.07) is -1.55. The zero-order valence-corrected chi connectivity index (χ0v) is 11.1. The summed E-state index contributed by atoms with van der Waals surface area (Å²) in [4.78, 5) is 37.3. The Morgan fingerprint density at radius 3 is 2.53 bits per heavy atom. The minimum Gasteiger partial charge on any atom is -0.480 e. The van der Waals surface area contributed by atoms with Crippen molar-refractivity contribution in [2.45, 2.75) is 25.4 Å². The summed E-state index contributed by atoms with van der Waals surface area (Å²) in [6.07, 6.45) is -0.412. The van der Waals surface area contributed by atoms with Crippen LogP contribution < -0.4 is 11.1 Å². The molecule has 8 heteroatoms. The average Bonchev–Trinajstić information content (AvgIpc) is 2.31. The van der Waals surface area contributed by atoms with Crippen LogP contribution in [0.3, 0.4) is 0 Å². The number of carboxylic acids is 1. The molecule has 1 aliphatic rings. The number of nitrogens with zero attached hydrogens (tertiary/aromatic N) is 2. The van der Waals surface area contributed by atoms with Crippen molar-refractivity contribution < 1.29 is 19.5 Å². The van der Waals surface area contributed by atoms with Crippen molar-refractivity contribution in [3.63, 3.8) is 0 Å². The Balaban J connectivity index is 2.57. The Morgan fingerprint density at radius 1 is 1.42 bits per heavy atom. The molecule has 3 amide bonds. The maximum atomic E-state index is 11.9. The normalized spacial score (nSPS) is 21.8. The number of carbonyl (C=O) groups is 3. The molecule has 8 nitrogen and oxygen atoms in total. The van der Waals surface area contributed by atoms with Gasteiger partial charge in [-0.1, -0.05) is 0 Å². The van der Waals surface area contributed by atoms with E-state index in [4.69, 9.17) is 10.8 Å². The lowest BCUT2D eigenvalue weighted by atomic mass is 10.2. The number of hydrogen-bond acceptors (Lipinski definition) is 4. The Hall–Kier alpha value is -1.83. The summed E-state index contributed by atoms with van der Waals surface area (Å²) < 4.78 is 0. The number of piperazine rings is 1. The van der Waals surface area contributed by atoms with Crippen LogP contribution in [0.4, 0.5) is 4.79 Å². The van der Waals surface area contributed by atoms with Crippen LogP contribution in [0.15, 0.2) is 0 Å². The quantitative estimate of drug-likeness (QED) is 0.586. The molecule has 0 aromatic rings. The van der Waals surface area contributed by atoms with Crippen LogP contribution in [-0.4, -0.2) is 71.6 Å². The number of nitrogens with two attached hydrogens (primary N) is 1. The van der Waals surface area contributed by atoms with Crippen molar-refractivity contribution in [2.75, 3.05) is 26.7 Å². The van der Waals surface area contributed by atoms with E-state index in [1.807, 2.05) is 14.0 Å². The zero-order valence-electron chi connectivity index (χ0n) is 11.1. The first-order chi connectivity index (χ1) is 8.81. The van der Waals surface area contributed by atoms with Gasteiger partial charge in [0.15, 0.2) is 0 Å². The van der Waals surface area contributed by atoms with Gasteiger partial charge in [-0.15, -0.1) is 0 Å². The maximum absolute atomic E-state index is 11.9. The van der Waals surface area contributed by atoms with Crippen molar-refractivity contribution in [2.24, 2.45) is 5.73 Å². The number of urea groups is 1. The van der Waals surface area contributed by atoms with E-state index in [1.54, 1.807) is 4.90 Å². The highest BCUT2D eigenvalue weighted by Crippen LogP contribution is 2.07. The van der Waals surface area contributed by atoms with Gasteiger partial charge in [-0.05, 0) is 14.0 Å². The highest BCUT2D eigenvalue weighted by molar-refractivity contribution is 5.87. The largest absolute Gasteiger partial charge is 0.480 e. The first-order valence-corrected chi connectivity index (χ1v) is 6.08. The van der Waals surface area contributed by atoms with Gasteiger partial charge in [0.1, 0.15) is 6.04 Å². The molecule has 2 unspecified atom stereocenters. The van der Waals surface area contributed by atoms with Gasteiger partial charge < -0.3 is 26.0 Å². The van der Waals surface area contributed by atoms with E-state index < -0.39 is 30.4 Å². The van der Waals surface area contributed by atoms with Crippen LogP contribution in [0.1, 0.15) is 13.3 Å². The smallest absolute Gasteiger partial charge is 0.326 e. The fraction of sp³-hybridized carbons (Fsp3) is 0.727. The molecule has 2 atom stereocenters. The van der Waals surface area contributed by atoms with E-state index in [0.29, 0.717) is 13.1 Å². The first-order valence-electron chi connectivity index (χ1n) is 6.08. The molecule has 1 heterocycles. The molecule has 0 aromatic heterocycles. The van der Waals surface area contributed by atoms with Crippen molar-refractivity contribution in [3.8, 4) is 0 Å². The molecular weight excluding hydrogens is 252 g/mol. The summed E-state index contributed by atoms with van der Waals surface area (Å²) in [6.45, 7) is 3.75. The van der Waals surface area contributed by atoms with E-state index in [1.165, 1.54) is 0 Å². The van der Waals surface area contributed by atoms with Gasteiger partial charge >= 0.3 is 12.0 Å². The lowest BCUT2D eigenvalue weighted by Gasteiger charge is -2.37. The first kappa shape index (κ1) is 15.2. The number of primary amides is 1. The molecule has 4 N–H and O–H groups in total. The zero-order chi connectivity index (χ0) is 14.6. The Bertz CT molecular complexity index is 374. The third-order valence-electron chi connectivity index (χ3n) is 3.25. The molecule has 0 spiro atoms. The lowest BCUT2D eigenvalue weighted by molar-refractivity contribution is -0.141. The van der Waals surface area contributed by atoms with Crippen LogP contribution in [-0.2, 0) is 9.59 Å². The predicted octanol–water partition coefficient (Wildman–Crippen LogP) is -1.34. The number of amides is 3. The van der Waals surface area contributed by atoms with Gasteiger partial charge in [0.2, 0.25) is 5.91 Å². The Labute approximate surface area is 111 Å². The fourth-order valence-electron chi connectivity index (χ4n) is 1.87. The number of hydrogen-bond donors (Lipinski definition) is 3. The minimum atomic E-state index is -1.28. The molecule has 1 rings (SSSR count). The van der Waals surface area contributed by atoms with E-state index in [-0.39, 0.29) is 6.04 Å². The number of carbonyl (C=O) groups excluding carboxylic acids is 2. The van der Waals surface area contributed by atoms with E-state index in [0.717, 1.165) is 6.54 Å². The predicted molar refractivity (Wildman–Crippen MR) is 67.4 cm³/mol. The van der Waals surface area contributed by atoms with Gasteiger partial charge in [-0.25, -0.2) is 9.59 Å². The molecule has 0 radical (unpaired) electrons. The third kappa shape index (κ3) is 4.40. The van der Waals surface area contributed by atoms with Gasteiger partial charge in [-0.2, -0.15) is 0 Å². The summed E-state index contributed by atoms with van der Waals surface area (Å²) in [5, 5.41) is 11.2. The second-order valence-corrected chi connectivity index (χ2v) is 4.79. The summed E-state index contributed by atoms with van der Waals surface area (Å²) in [5.41, 5.74) is 4.95. The van der Waals surface area contributed by atoms with Gasteiger partial charge in [0.25, 0.3) is 0 Å².